The number of benzene rings is 1. The first-order chi connectivity index (χ1) is 12.1. The second-order valence-corrected chi connectivity index (χ2v) is 6.67. The standard InChI is InChI=1S/C18H19N3O3S/c1-12-16(25-11-19-12)9-21(8-14-6-4-3-5-7-14)18(23)17-15(10-22)13(2)24-20-17/h3-7,11,22H,8-10H2,1-2H3. The van der Waals surface area contributed by atoms with E-state index in [1.54, 1.807) is 17.3 Å². The van der Waals surface area contributed by atoms with Crippen LogP contribution in [0.1, 0.15) is 37.9 Å². The largest absolute Gasteiger partial charge is 0.391 e. The molecule has 1 aromatic carbocycles. The molecule has 2 heterocycles. The van der Waals surface area contributed by atoms with Crippen LogP contribution in [0.4, 0.5) is 0 Å². The Hall–Kier alpha value is -2.51. The molecule has 0 saturated carbocycles. The van der Waals surface area contributed by atoms with Crippen LogP contribution in [-0.2, 0) is 19.7 Å². The number of aryl methyl sites for hydroxylation is 2. The van der Waals surface area contributed by atoms with Crippen molar-refractivity contribution in [2.45, 2.75) is 33.5 Å². The van der Waals surface area contributed by atoms with Gasteiger partial charge < -0.3 is 14.5 Å². The fourth-order valence-electron chi connectivity index (χ4n) is 2.55. The molecule has 1 amide bonds. The predicted molar refractivity (Wildman–Crippen MR) is 94.0 cm³/mol. The molecule has 3 aromatic rings. The van der Waals surface area contributed by atoms with Gasteiger partial charge in [-0.2, -0.15) is 0 Å². The first-order valence-corrected chi connectivity index (χ1v) is 8.76. The van der Waals surface area contributed by atoms with Crippen molar-refractivity contribution < 1.29 is 14.4 Å². The molecule has 3 rings (SSSR count). The number of hydrogen-bond acceptors (Lipinski definition) is 6. The first-order valence-electron chi connectivity index (χ1n) is 7.88. The Labute approximate surface area is 149 Å². The van der Waals surface area contributed by atoms with Gasteiger partial charge in [-0.05, 0) is 19.4 Å². The van der Waals surface area contributed by atoms with Crippen LogP contribution in [0, 0.1) is 13.8 Å². The van der Waals surface area contributed by atoms with Crippen LogP contribution in [0.3, 0.4) is 0 Å². The van der Waals surface area contributed by atoms with Gasteiger partial charge in [0.05, 0.1) is 29.9 Å². The van der Waals surface area contributed by atoms with E-state index in [1.807, 2.05) is 37.3 Å². The molecule has 0 radical (unpaired) electrons. The van der Waals surface area contributed by atoms with E-state index in [0.29, 0.717) is 24.4 Å². The maximum absolute atomic E-state index is 13.1. The van der Waals surface area contributed by atoms with Crippen molar-refractivity contribution >= 4 is 17.2 Å². The van der Waals surface area contributed by atoms with E-state index in [9.17, 15) is 9.90 Å². The molecular weight excluding hydrogens is 338 g/mol. The van der Waals surface area contributed by atoms with Crippen molar-refractivity contribution in [1.29, 1.82) is 0 Å². The lowest BCUT2D eigenvalue weighted by Gasteiger charge is -2.22. The van der Waals surface area contributed by atoms with Gasteiger partial charge in [0.15, 0.2) is 5.69 Å². The number of aliphatic hydroxyl groups is 1. The van der Waals surface area contributed by atoms with Gasteiger partial charge >= 0.3 is 0 Å². The third-order valence-corrected chi connectivity index (χ3v) is 4.95. The number of amides is 1. The topological polar surface area (TPSA) is 79.5 Å². The number of nitrogens with zero attached hydrogens (tertiary/aromatic N) is 3. The maximum Gasteiger partial charge on any atom is 0.277 e. The first kappa shape index (κ1) is 17.3. The monoisotopic (exact) mass is 357 g/mol. The van der Waals surface area contributed by atoms with E-state index in [-0.39, 0.29) is 18.2 Å². The Balaban J connectivity index is 1.92. The second kappa shape index (κ2) is 7.58. The summed E-state index contributed by atoms with van der Waals surface area (Å²) in [6.07, 6.45) is 0. The van der Waals surface area contributed by atoms with Gasteiger partial charge in [-0.1, -0.05) is 35.5 Å². The minimum Gasteiger partial charge on any atom is -0.391 e. The molecule has 6 nitrogen and oxygen atoms in total. The molecule has 2 aromatic heterocycles. The normalized spacial score (nSPS) is 10.8. The summed E-state index contributed by atoms with van der Waals surface area (Å²) in [5.41, 5.74) is 4.30. The van der Waals surface area contributed by atoms with Crippen molar-refractivity contribution in [3.8, 4) is 0 Å². The smallest absolute Gasteiger partial charge is 0.277 e. The number of thiazole rings is 1. The molecule has 0 saturated heterocycles. The summed E-state index contributed by atoms with van der Waals surface area (Å²) in [6.45, 7) is 4.20. The Kier molecular flexibility index (Phi) is 5.25. The van der Waals surface area contributed by atoms with Crippen LogP contribution in [0.2, 0.25) is 0 Å². The van der Waals surface area contributed by atoms with Crippen LogP contribution < -0.4 is 0 Å². The van der Waals surface area contributed by atoms with Crippen LogP contribution in [-0.4, -0.2) is 26.1 Å². The highest BCUT2D eigenvalue weighted by Crippen LogP contribution is 2.21. The highest BCUT2D eigenvalue weighted by atomic mass is 32.1. The van der Waals surface area contributed by atoms with E-state index < -0.39 is 0 Å². The molecule has 0 aliphatic rings. The zero-order chi connectivity index (χ0) is 17.8. The summed E-state index contributed by atoms with van der Waals surface area (Å²) in [5.74, 6) is 0.192. The lowest BCUT2D eigenvalue weighted by Crippen LogP contribution is -2.31. The van der Waals surface area contributed by atoms with Gasteiger partial charge in [0.1, 0.15) is 5.76 Å². The number of rotatable bonds is 6. The fraction of sp³-hybridized carbons (Fsp3) is 0.278. The van der Waals surface area contributed by atoms with Gasteiger partial charge in [-0.25, -0.2) is 4.98 Å². The van der Waals surface area contributed by atoms with Crippen LogP contribution in [0.15, 0.2) is 40.4 Å². The summed E-state index contributed by atoms with van der Waals surface area (Å²) in [7, 11) is 0. The van der Waals surface area contributed by atoms with Crippen LogP contribution in [0.25, 0.3) is 0 Å². The van der Waals surface area contributed by atoms with Gasteiger partial charge in [0.2, 0.25) is 0 Å². The molecule has 0 bridgehead atoms. The lowest BCUT2D eigenvalue weighted by molar-refractivity contribution is 0.0718. The number of aromatic nitrogens is 2. The van der Waals surface area contributed by atoms with Gasteiger partial charge in [0, 0.05) is 11.4 Å². The van der Waals surface area contributed by atoms with E-state index in [0.717, 1.165) is 16.1 Å². The van der Waals surface area contributed by atoms with Crippen LogP contribution >= 0.6 is 11.3 Å². The quantitative estimate of drug-likeness (QED) is 0.733. The van der Waals surface area contributed by atoms with E-state index in [4.69, 9.17) is 4.52 Å². The molecule has 0 atom stereocenters. The van der Waals surface area contributed by atoms with E-state index >= 15 is 0 Å². The molecule has 1 N–H and O–H groups in total. The molecule has 0 aliphatic heterocycles. The average Bonchev–Trinajstić information content (AvgIpc) is 3.20. The number of hydrogen-bond donors (Lipinski definition) is 1. The number of carbonyl (C=O) groups excluding carboxylic acids is 1. The average molecular weight is 357 g/mol. The lowest BCUT2D eigenvalue weighted by atomic mass is 10.1. The third kappa shape index (κ3) is 3.78. The maximum atomic E-state index is 13.1. The third-order valence-electron chi connectivity index (χ3n) is 4.03. The number of aliphatic hydroxyl groups excluding tert-OH is 1. The molecule has 0 spiro atoms. The molecule has 25 heavy (non-hydrogen) atoms. The predicted octanol–water partition coefficient (Wildman–Crippen LogP) is 3.08. The zero-order valence-corrected chi connectivity index (χ0v) is 14.9. The van der Waals surface area contributed by atoms with E-state index in [2.05, 4.69) is 10.1 Å². The zero-order valence-electron chi connectivity index (χ0n) is 14.1. The van der Waals surface area contributed by atoms with E-state index in [1.165, 1.54) is 11.3 Å². The molecule has 0 aliphatic carbocycles. The Morgan fingerprint density at radius 1 is 1.24 bits per heavy atom. The summed E-state index contributed by atoms with van der Waals surface area (Å²) in [6, 6.07) is 9.76. The minimum absolute atomic E-state index is 0.165. The summed E-state index contributed by atoms with van der Waals surface area (Å²) in [5, 5.41) is 13.4. The molecule has 0 unspecified atom stereocenters. The van der Waals surface area contributed by atoms with Crippen LogP contribution in [0.5, 0.6) is 0 Å². The highest BCUT2D eigenvalue weighted by Gasteiger charge is 2.25. The van der Waals surface area contributed by atoms with Gasteiger partial charge in [-0.15, -0.1) is 11.3 Å². The van der Waals surface area contributed by atoms with Gasteiger partial charge in [0.25, 0.3) is 5.91 Å². The molecule has 0 fully saturated rings. The fourth-order valence-corrected chi connectivity index (χ4v) is 3.34. The van der Waals surface area contributed by atoms with Crippen molar-refractivity contribution in [3.05, 3.63) is 69.0 Å². The Morgan fingerprint density at radius 2 is 2.00 bits per heavy atom. The van der Waals surface area contributed by atoms with Crippen molar-refractivity contribution in [1.82, 2.24) is 15.0 Å². The number of carbonyl (C=O) groups is 1. The molecule has 130 valence electrons. The van der Waals surface area contributed by atoms with Gasteiger partial charge in [-0.3, -0.25) is 4.79 Å². The Bertz CT molecular complexity index is 858. The highest BCUT2D eigenvalue weighted by molar-refractivity contribution is 7.09. The summed E-state index contributed by atoms with van der Waals surface area (Å²) < 4.78 is 5.10. The summed E-state index contributed by atoms with van der Waals surface area (Å²) >= 11 is 1.52. The Morgan fingerprint density at radius 3 is 2.64 bits per heavy atom. The van der Waals surface area contributed by atoms with Crippen molar-refractivity contribution in [2.75, 3.05) is 0 Å². The second-order valence-electron chi connectivity index (χ2n) is 5.73. The molecule has 7 heteroatoms. The summed E-state index contributed by atoms with van der Waals surface area (Å²) in [4.78, 5) is 20.0. The van der Waals surface area contributed by atoms with Crippen molar-refractivity contribution in [3.63, 3.8) is 0 Å². The minimum atomic E-state index is -0.283. The molecular formula is C18H19N3O3S. The SMILES string of the molecule is Cc1ncsc1CN(Cc1ccccc1)C(=O)c1noc(C)c1CO. The van der Waals surface area contributed by atoms with Crippen molar-refractivity contribution in [2.24, 2.45) is 0 Å².